The molecule has 0 saturated heterocycles. The van der Waals surface area contributed by atoms with Crippen LogP contribution in [0.25, 0.3) is 0 Å². The number of carbonyl (C=O) groups excluding carboxylic acids is 3. The molecule has 0 saturated carbocycles. The van der Waals surface area contributed by atoms with Crippen LogP contribution in [-0.4, -0.2) is 31.1 Å². The lowest BCUT2D eigenvalue weighted by atomic mass is 10.2. The summed E-state index contributed by atoms with van der Waals surface area (Å²) in [6.45, 7) is 1.82. The van der Waals surface area contributed by atoms with Crippen molar-refractivity contribution in [3.8, 4) is 0 Å². The van der Waals surface area contributed by atoms with E-state index in [1.54, 1.807) is 30.3 Å². The van der Waals surface area contributed by atoms with Gasteiger partial charge in [0.1, 0.15) is 0 Å². The lowest BCUT2D eigenvalue weighted by molar-refractivity contribution is -0.119. The summed E-state index contributed by atoms with van der Waals surface area (Å²) in [5.74, 6) is -1.61. The number of amides is 1. The fourth-order valence-electron chi connectivity index (χ4n) is 1.76. The zero-order valence-corrected chi connectivity index (χ0v) is 13.1. The van der Waals surface area contributed by atoms with E-state index in [9.17, 15) is 14.4 Å². The van der Waals surface area contributed by atoms with Crippen LogP contribution in [0.2, 0.25) is 0 Å². The quantitative estimate of drug-likeness (QED) is 0.784. The number of hydrogen-bond donors (Lipinski definition) is 1. The van der Waals surface area contributed by atoms with Crippen LogP contribution in [0, 0.1) is 0 Å². The van der Waals surface area contributed by atoms with E-state index in [-0.39, 0.29) is 5.76 Å². The van der Waals surface area contributed by atoms with Gasteiger partial charge < -0.3 is 19.2 Å². The zero-order chi connectivity index (χ0) is 17.4. The Morgan fingerprint density at radius 1 is 1.04 bits per heavy atom. The Balaban J connectivity index is 1.81. The number of rotatable bonds is 7. The Morgan fingerprint density at radius 2 is 1.79 bits per heavy atom. The van der Waals surface area contributed by atoms with Crippen LogP contribution >= 0.6 is 0 Å². The summed E-state index contributed by atoms with van der Waals surface area (Å²) >= 11 is 0. The van der Waals surface area contributed by atoms with Crippen LogP contribution in [0.4, 0.5) is 5.69 Å². The number of nitrogens with one attached hydrogen (secondary N) is 1. The van der Waals surface area contributed by atoms with E-state index in [2.05, 4.69) is 5.32 Å². The minimum absolute atomic E-state index is 0.0257. The minimum atomic E-state index is -0.718. The molecule has 7 nitrogen and oxygen atoms in total. The molecule has 0 aliphatic carbocycles. The molecule has 0 spiro atoms. The van der Waals surface area contributed by atoms with E-state index in [1.165, 1.54) is 12.3 Å². The van der Waals surface area contributed by atoms with Gasteiger partial charge in [-0.2, -0.15) is 0 Å². The molecular formula is C17H17NO6. The van der Waals surface area contributed by atoms with Crippen molar-refractivity contribution in [2.75, 3.05) is 18.5 Å². The molecule has 1 heterocycles. The summed E-state index contributed by atoms with van der Waals surface area (Å²) in [4.78, 5) is 34.9. The van der Waals surface area contributed by atoms with Crippen molar-refractivity contribution in [2.45, 2.75) is 13.3 Å². The van der Waals surface area contributed by atoms with Crippen LogP contribution < -0.4 is 5.32 Å². The summed E-state index contributed by atoms with van der Waals surface area (Å²) in [6, 6.07) is 9.20. The van der Waals surface area contributed by atoms with Crippen molar-refractivity contribution < 1.29 is 28.3 Å². The second kappa shape index (κ2) is 8.52. The zero-order valence-electron chi connectivity index (χ0n) is 13.1. The largest absolute Gasteiger partial charge is 0.462 e. The third-order valence-corrected chi connectivity index (χ3v) is 2.90. The number of ether oxygens (including phenoxy) is 2. The molecule has 0 radical (unpaired) electrons. The molecule has 1 aromatic carbocycles. The molecule has 0 unspecified atom stereocenters. The minimum Gasteiger partial charge on any atom is -0.462 e. The summed E-state index contributed by atoms with van der Waals surface area (Å²) < 4.78 is 14.7. The number of anilines is 1. The fourth-order valence-corrected chi connectivity index (χ4v) is 1.76. The van der Waals surface area contributed by atoms with Crippen molar-refractivity contribution in [1.82, 2.24) is 0 Å². The molecule has 2 aromatic rings. The topological polar surface area (TPSA) is 94.8 Å². The molecule has 0 fully saturated rings. The first-order valence-corrected chi connectivity index (χ1v) is 7.38. The molecule has 1 aromatic heterocycles. The van der Waals surface area contributed by atoms with E-state index in [4.69, 9.17) is 13.9 Å². The highest BCUT2D eigenvalue weighted by Gasteiger charge is 2.13. The highest BCUT2D eigenvalue weighted by molar-refractivity contribution is 5.95. The van der Waals surface area contributed by atoms with Crippen molar-refractivity contribution >= 4 is 23.5 Å². The van der Waals surface area contributed by atoms with E-state index >= 15 is 0 Å². The number of furan rings is 1. The van der Waals surface area contributed by atoms with Crippen LogP contribution in [0.3, 0.4) is 0 Å². The number of hydrogen-bond acceptors (Lipinski definition) is 6. The predicted molar refractivity (Wildman–Crippen MR) is 84.6 cm³/mol. The van der Waals surface area contributed by atoms with Gasteiger partial charge in [0.15, 0.2) is 6.61 Å². The fraction of sp³-hybridized carbons (Fsp3) is 0.235. The van der Waals surface area contributed by atoms with Gasteiger partial charge in [-0.15, -0.1) is 0 Å². The molecule has 1 N–H and O–H groups in total. The van der Waals surface area contributed by atoms with Crippen LogP contribution in [-0.2, 0) is 14.3 Å². The Hall–Kier alpha value is -3.09. The first kappa shape index (κ1) is 17.3. The van der Waals surface area contributed by atoms with Crippen molar-refractivity contribution in [3.05, 3.63) is 54.0 Å². The lowest BCUT2D eigenvalue weighted by Gasteiger charge is -2.07. The molecule has 2 rings (SSSR count). The molecule has 0 bridgehead atoms. The average molecular weight is 331 g/mol. The van der Waals surface area contributed by atoms with Gasteiger partial charge >= 0.3 is 11.9 Å². The highest BCUT2D eigenvalue weighted by Crippen LogP contribution is 2.11. The van der Waals surface area contributed by atoms with Crippen LogP contribution in [0.5, 0.6) is 0 Å². The molecule has 7 heteroatoms. The second-order valence-electron chi connectivity index (χ2n) is 4.81. The Labute approximate surface area is 138 Å². The van der Waals surface area contributed by atoms with Gasteiger partial charge in [-0.1, -0.05) is 6.92 Å². The van der Waals surface area contributed by atoms with Gasteiger partial charge in [0.25, 0.3) is 5.91 Å². The SMILES string of the molecule is CCCOC(=O)c1ccc(NC(=O)COC(=O)c2ccco2)cc1. The third-order valence-electron chi connectivity index (χ3n) is 2.90. The maximum Gasteiger partial charge on any atom is 0.374 e. The highest BCUT2D eigenvalue weighted by atomic mass is 16.5. The van der Waals surface area contributed by atoms with Crippen LogP contribution in [0.1, 0.15) is 34.3 Å². The smallest absolute Gasteiger partial charge is 0.374 e. The summed E-state index contributed by atoms with van der Waals surface area (Å²) in [7, 11) is 0. The van der Waals surface area contributed by atoms with Gasteiger partial charge in [0.05, 0.1) is 18.4 Å². The van der Waals surface area contributed by atoms with E-state index in [0.717, 1.165) is 6.42 Å². The normalized spacial score (nSPS) is 10.0. The molecule has 126 valence electrons. The van der Waals surface area contributed by atoms with E-state index in [1.807, 2.05) is 6.92 Å². The van der Waals surface area contributed by atoms with Crippen LogP contribution in [0.15, 0.2) is 47.1 Å². The molecule has 0 atom stereocenters. The van der Waals surface area contributed by atoms with E-state index < -0.39 is 24.5 Å². The van der Waals surface area contributed by atoms with Gasteiger partial charge in [-0.3, -0.25) is 4.79 Å². The lowest BCUT2D eigenvalue weighted by Crippen LogP contribution is -2.20. The first-order valence-electron chi connectivity index (χ1n) is 7.38. The summed E-state index contributed by atoms with van der Waals surface area (Å²) in [6.07, 6.45) is 2.08. The Kier molecular flexibility index (Phi) is 6.13. The Bertz CT molecular complexity index is 690. The average Bonchev–Trinajstić information content (AvgIpc) is 3.13. The first-order chi connectivity index (χ1) is 11.6. The monoisotopic (exact) mass is 331 g/mol. The summed E-state index contributed by atoms with van der Waals surface area (Å²) in [5, 5.41) is 2.55. The molecule has 24 heavy (non-hydrogen) atoms. The summed E-state index contributed by atoms with van der Waals surface area (Å²) in [5.41, 5.74) is 0.867. The maximum atomic E-state index is 11.7. The van der Waals surface area contributed by atoms with E-state index in [0.29, 0.717) is 17.9 Å². The molecule has 0 aliphatic rings. The third kappa shape index (κ3) is 4.98. The number of esters is 2. The van der Waals surface area contributed by atoms with Crippen molar-refractivity contribution in [1.29, 1.82) is 0 Å². The van der Waals surface area contributed by atoms with Gasteiger partial charge in [0.2, 0.25) is 5.76 Å². The standard InChI is InChI=1S/C17H17NO6/c1-2-9-23-16(20)12-5-7-13(8-6-12)18-15(19)11-24-17(21)14-4-3-10-22-14/h3-8,10H,2,9,11H2,1H3,(H,18,19). The molecule has 0 aliphatic heterocycles. The Morgan fingerprint density at radius 3 is 2.42 bits per heavy atom. The molecule has 1 amide bonds. The number of carbonyl (C=O) groups is 3. The van der Waals surface area contributed by atoms with Crippen molar-refractivity contribution in [3.63, 3.8) is 0 Å². The van der Waals surface area contributed by atoms with Gasteiger partial charge in [0, 0.05) is 5.69 Å². The number of benzene rings is 1. The van der Waals surface area contributed by atoms with Gasteiger partial charge in [-0.25, -0.2) is 9.59 Å². The van der Waals surface area contributed by atoms with Crippen molar-refractivity contribution in [2.24, 2.45) is 0 Å². The maximum absolute atomic E-state index is 11.7. The van der Waals surface area contributed by atoms with Gasteiger partial charge in [-0.05, 0) is 42.8 Å². The second-order valence-corrected chi connectivity index (χ2v) is 4.81. The predicted octanol–water partition coefficient (Wildman–Crippen LogP) is 2.64. The molecular weight excluding hydrogens is 314 g/mol.